The molecule has 3 atom stereocenters. The molecule has 1 fully saturated rings. The maximum absolute atomic E-state index is 11.6. The van der Waals surface area contributed by atoms with Crippen LogP contribution in [0.25, 0.3) is 0 Å². The zero-order chi connectivity index (χ0) is 13.7. The molecule has 104 valence electrons. The van der Waals surface area contributed by atoms with E-state index in [1.807, 2.05) is 30.3 Å². The fourth-order valence-corrected chi connectivity index (χ4v) is 4.35. The Kier molecular flexibility index (Phi) is 5.32. The molecular formula is C16H22O2S. The van der Waals surface area contributed by atoms with Gasteiger partial charge >= 0.3 is 5.97 Å². The molecule has 0 radical (unpaired) electrons. The molecule has 1 aromatic rings. The number of carbonyl (C=O) groups is 1. The molecule has 2 rings (SSSR count). The number of carboxylic acid groups (broad SMARTS) is 1. The summed E-state index contributed by atoms with van der Waals surface area (Å²) in [6.45, 7) is 2.19. The molecule has 0 spiro atoms. The Hall–Kier alpha value is -0.960. The third-order valence-electron chi connectivity index (χ3n) is 4.13. The first-order valence-electron chi connectivity index (χ1n) is 7.17. The topological polar surface area (TPSA) is 37.3 Å². The van der Waals surface area contributed by atoms with Gasteiger partial charge in [0.1, 0.15) is 5.25 Å². The molecule has 0 amide bonds. The molecule has 0 aromatic heterocycles. The molecule has 0 bridgehead atoms. The van der Waals surface area contributed by atoms with Crippen molar-refractivity contribution in [3.8, 4) is 0 Å². The largest absolute Gasteiger partial charge is 0.480 e. The molecule has 1 aliphatic rings. The number of hydrogen-bond acceptors (Lipinski definition) is 2. The molecule has 0 heterocycles. The van der Waals surface area contributed by atoms with Crippen LogP contribution in [0.1, 0.15) is 39.0 Å². The molecular weight excluding hydrogens is 256 g/mol. The third kappa shape index (κ3) is 3.75. The lowest BCUT2D eigenvalue weighted by Crippen LogP contribution is -2.34. The van der Waals surface area contributed by atoms with Crippen LogP contribution in [0.4, 0.5) is 0 Å². The van der Waals surface area contributed by atoms with Crippen LogP contribution in [0.15, 0.2) is 35.2 Å². The van der Waals surface area contributed by atoms with Gasteiger partial charge in [0, 0.05) is 4.90 Å². The van der Waals surface area contributed by atoms with Crippen molar-refractivity contribution in [3.05, 3.63) is 30.3 Å². The Morgan fingerprint density at radius 2 is 2.00 bits per heavy atom. The van der Waals surface area contributed by atoms with Crippen molar-refractivity contribution in [2.45, 2.75) is 49.2 Å². The molecule has 2 nitrogen and oxygen atoms in total. The van der Waals surface area contributed by atoms with Crippen LogP contribution in [-0.4, -0.2) is 16.3 Å². The fourth-order valence-electron chi connectivity index (χ4n) is 3.11. The van der Waals surface area contributed by atoms with Crippen molar-refractivity contribution in [1.82, 2.24) is 0 Å². The average molecular weight is 278 g/mol. The summed E-state index contributed by atoms with van der Waals surface area (Å²) in [5.41, 5.74) is 0. The minimum absolute atomic E-state index is 0.298. The number of aliphatic carboxylic acids is 1. The van der Waals surface area contributed by atoms with Gasteiger partial charge in [-0.1, -0.05) is 50.8 Å². The van der Waals surface area contributed by atoms with Gasteiger partial charge in [-0.3, -0.25) is 4.79 Å². The number of rotatable bonds is 5. The molecule has 1 saturated carbocycles. The Balaban J connectivity index is 2.12. The molecule has 1 aliphatic carbocycles. The van der Waals surface area contributed by atoms with Crippen molar-refractivity contribution in [1.29, 1.82) is 0 Å². The van der Waals surface area contributed by atoms with Crippen molar-refractivity contribution in [2.24, 2.45) is 11.8 Å². The Morgan fingerprint density at radius 1 is 1.32 bits per heavy atom. The van der Waals surface area contributed by atoms with E-state index in [4.69, 9.17) is 0 Å². The van der Waals surface area contributed by atoms with Crippen LogP contribution in [0.2, 0.25) is 0 Å². The summed E-state index contributed by atoms with van der Waals surface area (Å²) in [4.78, 5) is 12.7. The van der Waals surface area contributed by atoms with Gasteiger partial charge in [0.25, 0.3) is 0 Å². The summed E-state index contributed by atoms with van der Waals surface area (Å²) in [5.74, 6) is 0.242. The van der Waals surface area contributed by atoms with Gasteiger partial charge in [0.05, 0.1) is 0 Å². The standard InChI is InChI=1S/C16H22O2S/c1-2-12-8-6-7-11-14(12)15(16(17)18)19-13-9-4-3-5-10-13/h3-5,9-10,12,14-15H,2,6-8,11H2,1H3,(H,17,18). The molecule has 3 heteroatoms. The zero-order valence-corrected chi connectivity index (χ0v) is 12.2. The van der Waals surface area contributed by atoms with Crippen molar-refractivity contribution in [2.75, 3.05) is 0 Å². The lowest BCUT2D eigenvalue weighted by molar-refractivity contribution is -0.138. The highest BCUT2D eigenvalue weighted by Crippen LogP contribution is 2.41. The first-order valence-corrected chi connectivity index (χ1v) is 8.05. The van der Waals surface area contributed by atoms with Gasteiger partial charge in [-0.15, -0.1) is 11.8 Å². The maximum atomic E-state index is 11.6. The van der Waals surface area contributed by atoms with Crippen LogP contribution in [0, 0.1) is 11.8 Å². The van der Waals surface area contributed by atoms with E-state index >= 15 is 0 Å². The van der Waals surface area contributed by atoms with Gasteiger partial charge in [-0.05, 0) is 30.4 Å². The number of carboxylic acids is 1. The van der Waals surface area contributed by atoms with Crippen LogP contribution in [0.3, 0.4) is 0 Å². The highest BCUT2D eigenvalue weighted by atomic mass is 32.2. The second-order valence-corrected chi connectivity index (χ2v) is 6.52. The Bertz CT molecular complexity index is 404. The van der Waals surface area contributed by atoms with E-state index < -0.39 is 5.97 Å². The number of hydrogen-bond donors (Lipinski definition) is 1. The Morgan fingerprint density at radius 3 is 2.63 bits per heavy atom. The highest BCUT2D eigenvalue weighted by Gasteiger charge is 2.35. The molecule has 19 heavy (non-hydrogen) atoms. The second kappa shape index (κ2) is 6.99. The van der Waals surface area contributed by atoms with E-state index in [0.29, 0.717) is 11.8 Å². The normalized spacial score (nSPS) is 24.9. The van der Waals surface area contributed by atoms with Crippen molar-refractivity contribution >= 4 is 17.7 Å². The minimum Gasteiger partial charge on any atom is -0.480 e. The van der Waals surface area contributed by atoms with E-state index in [0.717, 1.165) is 17.7 Å². The molecule has 0 aliphatic heterocycles. The summed E-state index contributed by atoms with van der Waals surface area (Å²) in [7, 11) is 0. The number of thioether (sulfide) groups is 1. The van der Waals surface area contributed by atoms with Crippen LogP contribution in [0.5, 0.6) is 0 Å². The second-order valence-electron chi connectivity index (χ2n) is 5.31. The lowest BCUT2D eigenvalue weighted by atomic mass is 9.76. The predicted molar refractivity (Wildman–Crippen MR) is 79.5 cm³/mol. The summed E-state index contributed by atoms with van der Waals surface area (Å²) in [6.07, 6.45) is 5.80. The Labute approximate surface area is 119 Å². The van der Waals surface area contributed by atoms with E-state index in [-0.39, 0.29) is 5.25 Å². The van der Waals surface area contributed by atoms with E-state index in [2.05, 4.69) is 6.92 Å². The van der Waals surface area contributed by atoms with Crippen molar-refractivity contribution < 1.29 is 9.90 Å². The van der Waals surface area contributed by atoms with Gasteiger partial charge in [0.2, 0.25) is 0 Å². The summed E-state index contributed by atoms with van der Waals surface area (Å²) >= 11 is 1.52. The quantitative estimate of drug-likeness (QED) is 0.809. The summed E-state index contributed by atoms with van der Waals surface area (Å²) in [6, 6.07) is 9.92. The first kappa shape index (κ1) is 14.4. The smallest absolute Gasteiger partial charge is 0.317 e. The summed E-state index contributed by atoms with van der Waals surface area (Å²) in [5, 5.41) is 9.28. The molecule has 1 N–H and O–H groups in total. The zero-order valence-electron chi connectivity index (χ0n) is 11.4. The van der Waals surface area contributed by atoms with Crippen molar-refractivity contribution in [3.63, 3.8) is 0 Å². The van der Waals surface area contributed by atoms with Crippen LogP contribution >= 0.6 is 11.8 Å². The van der Waals surface area contributed by atoms with Gasteiger partial charge in [-0.25, -0.2) is 0 Å². The monoisotopic (exact) mass is 278 g/mol. The molecule has 3 unspecified atom stereocenters. The SMILES string of the molecule is CCC1CCCCC1C(Sc1ccccc1)C(=O)O. The average Bonchev–Trinajstić information content (AvgIpc) is 2.45. The molecule has 0 saturated heterocycles. The first-order chi connectivity index (χ1) is 9.22. The van der Waals surface area contributed by atoms with E-state index in [1.54, 1.807) is 0 Å². The predicted octanol–water partition coefficient (Wildman–Crippen LogP) is 4.45. The van der Waals surface area contributed by atoms with E-state index in [1.165, 1.54) is 31.0 Å². The fraction of sp³-hybridized carbons (Fsp3) is 0.562. The molecule has 1 aromatic carbocycles. The van der Waals surface area contributed by atoms with Crippen LogP contribution in [-0.2, 0) is 4.79 Å². The highest BCUT2D eigenvalue weighted by molar-refractivity contribution is 8.00. The van der Waals surface area contributed by atoms with Gasteiger partial charge in [0.15, 0.2) is 0 Å². The van der Waals surface area contributed by atoms with Gasteiger partial charge in [-0.2, -0.15) is 0 Å². The van der Waals surface area contributed by atoms with Gasteiger partial charge < -0.3 is 5.11 Å². The minimum atomic E-state index is -0.654. The number of benzene rings is 1. The third-order valence-corrected chi connectivity index (χ3v) is 5.48. The summed E-state index contributed by atoms with van der Waals surface area (Å²) < 4.78 is 0. The van der Waals surface area contributed by atoms with Crippen LogP contribution < -0.4 is 0 Å². The lowest BCUT2D eigenvalue weighted by Gasteiger charge is -2.34. The maximum Gasteiger partial charge on any atom is 0.317 e. The van der Waals surface area contributed by atoms with E-state index in [9.17, 15) is 9.90 Å².